The molecule has 3 aliphatic rings. The van der Waals surface area contributed by atoms with Crippen LogP contribution in [0.5, 0.6) is 0 Å². The largest absolute Gasteiger partial charge is 0.0654 e. The molecule has 0 aliphatic heterocycles. The first kappa shape index (κ1) is 19.8. The molecule has 0 N–H and O–H groups in total. The van der Waals surface area contributed by atoms with Crippen molar-refractivity contribution in [3.63, 3.8) is 0 Å². The van der Waals surface area contributed by atoms with Gasteiger partial charge in [0.2, 0.25) is 0 Å². The summed E-state index contributed by atoms with van der Waals surface area (Å²) in [6.45, 7) is 4.74. The molecule has 146 valence electrons. The maximum absolute atomic E-state index is 2.40. The van der Waals surface area contributed by atoms with Crippen LogP contribution in [-0.2, 0) is 0 Å². The van der Waals surface area contributed by atoms with E-state index in [2.05, 4.69) is 13.8 Å². The highest BCUT2D eigenvalue weighted by Crippen LogP contribution is 2.46. The first-order chi connectivity index (χ1) is 12.3. The molecule has 3 saturated carbocycles. The minimum absolute atomic E-state index is 1.07. The summed E-state index contributed by atoms with van der Waals surface area (Å²) in [5.74, 6) is 6.59. The normalized spacial score (nSPS) is 40.1. The summed E-state index contributed by atoms with van der Waals surface area (Å²) in [5.41, 5.74) is 0. The topological polar surface area (TPSA) is 0 Å². The maximum atomic E-state index is 2.40. The molecule has 0 nitrogen and oxygen atoms in total. The minimum atomic E-state index is 1.07. The maximum Gasteiger partial charge on any atom is -0.0383 e. The van der Waals surface area contributed by atoms with Crippen LogP contribution in [-0.4, -0.2) is 0 Å². The van der Waals surface area contributed by atoms with Gasteiger partial charge < -0.3 is 0 Å². The van der Waals surface area contributed by atoms with E-state index in [-0.39, 0.29) is 0 Å². The van der Waals surface area contributed by atoms with E-state index in [1.165, 1.54) is 25.7 Å². The molecule has 3 rings (SSSR count). The van der Waals surface area contributed by atoms with E-state index >= 15 is 0 Å². The zero-order valence-electron chi connectivity index (χ0n) is 17.5. The Kier molecular flexibility index (Phi) is 8.19. The zero-order chi connectivity index (χ0) is 17.5. The summed E-state index contributed by atoms with van der Waals surface area (Å²) in [6, 6.07) is 0. The van der Waals surface area contributed by atoms with Crippen LogP contribution in [0.1, 0.15) is 123 Å². The van der Waals surface area contributed by atoms with Crippen molar-refractivity contribution in [1.82, 2.24) is 0 Å². The van der Waals surface area contributed by atoms with Gasteiger partial charge in [-0.05, 0) is 80.5 Å². The molecule has 0 bridgehead atoms. The van der Waals surface area contributed by atoms with E-state index in [0.29, 0.717) is 0 Å². The van der Waals surface area contributed by atoms with Crippen LogP contribution < -0.4 is 0 Å². The molecule has 0 spiro atoms. The van der Waals surface area contributed by atoms with Gasteiger partial charge in [0.05, 0.1) is 0 Å². The third-order valence-corrected chi connectivity index (χ3v) is 8.66. The molecular formula is C25H46. The lowest BCUT2D eigenvalue weighted by atomic mass is 9.64. The molecule has 25 heavy (non-hydrogen) atoms. The summed E-state index contributed by atoms with van der Waals surface area (Å²) in [6.07, 6.45) is 26.2. The summed E-state index contributed by atoms with van der Waals surface area (Å²) >= 11 is 0. The lowest BCUT2D eigenvalue weighted by Crippen LogP contribution is -2.30. The third-order valence-electron chi connectivity index (χ3n) is 8.66. The molecule has 0 amide bonds. The quantitative estimate of drug-likeness (QED) is 0.406. The van der Waals surface area contributed by atoms with Gasteiger partial charge >= 0.3 is 0 Å². The highest BCUT2D eigenvalue weighted by molar-refractivity contribution is 4.86. The van der Waals surface area contributed by atoms with E-state index < -0.39 is 0 Å². The fraction of sp³-hybridized carbons (Fsp3) is 1.00. The van der Waals surface area contributed by atoms with Crippen LogP contribution in [0.15, 0.2) is 0 Å². The van der Waals surface area contributed by atoms with Crippen molar-refractivity contribution in [1.29, 1.82) is 0 Å². The van der Waals surface area contributed by atoms with Gasteiger partial charge in [-0.25, -0.2) is 0 Å². The van der Waals surface area contributed by atoms with Gasteiger partial charge in [0.25, 0.3) is 0 Å². The van der Waals surface area contributed by atoms with E-state index in [0.717, 1.165) is 35.5 Å². The Hall–Kier alpha value is 0. The van der Waals surface area contributed by atoms with E-state index in [1.807, 2.05) is 0 Å². The molecule has 0 heterocycles. The van der Waals surface area contributed by atoms with Crippen LogP contribution in [0.3, 0.4) is 0 Å². The Morgan fingerprint density at radius 2 is 1.16 bits per heavy atom. The molecule has 3 fully saturated rings. The highest BCUT2D eigenvalue weighted by Gasteiger charge is 2.34. The van der Waals surface area contributed by atoms with Gasteiger partial charge in [-0.2, -0.15) is 0 Å². The van der Waals surface area contributed by atoms with Gasteiger partial charge in [0.15, 0.2) is 0 Å². The van der Waals surface area contributed by atoms with Crippen molar-refractivity contribution in [2.45, 2.75) is 123 Å². The van der Waals surface area contributed by atoms with Crippen molar-refractivity contribution < 1.29 is 0 Å². The summed E-state index contributed by atoms with van der Waals surface area (Å²) in [7, 11) is 0. The SMILES string of the molecule is CCCCCC1CCCC(C2CCC(C3CCC(CC)CC3)CC2)C1. The van der Waals surface area contributed by atoms with E-state index in [4.69, 9.17) is 0 Å². The van der Waals surface area contributed by atoms with Gasteiger partial charge in [0, 0.05) is 0 Å². The van der Waals surface area contributed by atoms with Gasteiger partial charge in [-0.3, -0.25) is 0 Å². The van der Waals surface area contributed by atoms with Crippen molar-refractivity contribution in [2.24, 2.45) is 35.5 Å². The lowest BCUT2D eigenvalue weighted by Gasteiger charge is -2.41. The summed E-state index contributed by atoms with van der Waals surface area (Å²) < 4.78 is 0. The molecule has 0 aromatic carbocycles. The van der Waals surface area contributed by atoms with E-state index in [9.17, 15) is 0 Å². The molecule has 3 aliphatic carbocycles. The molecule has 0 heteroatoms. The zero-order valence-corrected chi connectivity index (χ0v) is 17.5. The van der Waals surface area contributed by atoms with Gasteiger partial charge in [0.1, 0.15) is 0 Å². The predicted molar refractivity (Wildman–Crippen MR) is 111 cm³/mol. The standard InChI is InChI=1S/C25H46/c1-3-5-6-8-21-9-7-10-25(19-21)24-17-15-23(16-18-24)22-13-11-20(4-2)12-14-22/h20-25H,3-19H2,1-2H3. The summed E-state index contributed by atoms with van der Waals surface area (Å²) in [5, 5.41) is 0. The molecular weight excluding hydrogens is 300 g/mol. The van der Waals surface area contributed by atoms with Crippen molar-refractivity contribution >= 4 is 0 Å². The first-order valence-electron chi connectivity index (χ1n) is 12.3. The van der Waals surface area contributed by atoms with E-state index in [1.54, 1.807) is 83.5 Å². The predicted octanol–water partition coefficient (Wildman–Crippen LogP) is 8.40. The molecule has 0 saturated heterocycles. The molecule has 0 radical (unpaired) electrons. The molecule has 2 unspecified atom stereocenters. The second kappa shape index (κ2) is 10.4. The third kappa shape index (κ3) is 5.74. The lowest BCUT2D eigenvalue weighted by molar-refractivity contribution is 0.0988. The van der Waals surface area contributed by atoms with Crippen LogP contribution in [0.2, 0.25) is 0 Å². The molecule has 2 atom stereocenters. The number of rotatable bonds is 7. The van der Waals surface area contributed by atoms with Crippen molar-refractivity contribution in [3.8, 4) is 0 Å². The minimum Gasteiger partial charge on any atom is -0.0654 e. The number of hydrogen-bond acceptors (Lipinski definition) is 0. The Labute approximate surface area is 158 Å². The highest BCUT2D eigenvalue weighted by atomic mass is 14.4. The van der Waals surface area contributed by atoms with Crippen molar-refractivity contribution in [3.05, 3.63) is 0 Å². The van der Waals surface area contributed by atoms with Gasteiger partial charge in [-0.1, -0.05) is 78.1 Å². The number of hydrogen-bond donors (Lipinski definition) is 0. The Morgan fingerprint density at radius 3 is 1.76 bits per heavy atom. The monoisotopic (exact) mass is 346 g/mol. The van der Waals surface area contributed by atoms with Crippen LogP contribution in [0.25, 0.3) is 0 Å². The Morgan fingerprint density at radius 1 is 0.560 bits per heavy atom. The Bertz CT molecular complexity index is 343. The van der Waals surface area contributed by atoms with Crippen LogP contribution in [0.4, 0.5) is 0 Å². The van der Waals surface area contributed by atoms with Crippen LogP contribution >= 0.6 is 0 Å². The van der Waals surface area contributed by atoms with Crippen molar-refractivity contribution in [2.75, 3.05) is 0 Å². The number of unbranched alkanes of at least 4 members (excludes halogenated alkanes) is 2. The fourth-order valence-electron chi connectivity index (χ4n) is 6.86. The molecule has 0 aromatic rings. The van der Waals surface area contributed by atoms with Crippen LogP contribution in [0, 0.1) is 35.5 Å². The average Bonchev–Trinajstić information content (AvgIpc) is 2.69. The summed E-state index contributed by atoms with van der Waals surface area (Å²) in [4.78, 5) is 0. The fourth-order valence-corrected chi connectivity index (χ4v) is 6.86. The second-order valence-electron chi connectivity index (χ2n) is 10.2. The molecule has 0 aromatic heterocycles. The van der Waals surface area contributed by atoms with Gasteiger partial charge in [-0.15, -0.1) is 0 Å². The first-order valence-corrected chi connectivity index (χ1v) is 12.3. The average molecular weight is 347 g/mol. The smallest absolute Gasteiger partial charge is 0.0383 e. The Balaban J connectivity index is 1.38. The second-order valence-corrected chi connectivity index (χ2v) is 10.2.